The van der Waals surface area contributed by atoms with E-state index in [-0.39, 0.29) is 17.5 Å². The van der Waals surface area contributed by atoms with E-state index in [4.69, 9.17) is 4.98 Å². The second kappa shape index (κ2) is 6.80. The highest BCUT2D eigenvalue weighted by molar-refractivity contribution is 7.18. The van der Waals surface area contributed by atoms with Crippen molar-refractivity contribution < 1.29 is 4.79 Å². The molecule has 0 spiro atoms. The van der Waals surface area contributed by atoms with Gasteiger partial charge in [-0.15, -0.1) is 11.3 Å². The van der Waals surface area contributed by atoms with Crippen LogP contribution in [-0.4, -0.2) is 33.4 Å². The van der Waals surface area contributed by atoms with Crippen molar-refractivity contribution in [2.24, 2.45) is 5.92 Å². The highest BCUT2D eigenvalue weighted by atomic mass is 32.1. The summed E-state index contributed by atoms with van der Waals surface area (Å²) >= 11 is 1.60. The van der Waals surface area contributed by atoms with Crippen LogP contribution in [0.25, 0.3) is 10.2 Å². The predicted octanol–water partition coefficient (Wildman–Crippen LogP) is 3.74. The van der Waals surface area contributed by atoms with E-state index in [2.05, 4.69) is 0 Å². The first-order chi connectivity index (χ1) is 12.5. The van der Waals surface area contributed by atoms with Crippen LogP contribution < -0.4 is 5.56 Å². The van der Waals surface area contributed by atoms with Gasteiger partial charge in [0.25, 0.3) is 5.56 Å². The van der Waals surface area contributed by atoms with Crippen LogP contribution in [0.3, 0.4) is 0 Å². The van der Waals surface area contributed by atoms with Crippen molar-refractivity contribution in [3.05, 3.63) is 26.6 Å². The lowest BCUT2D eigenvalue weighted by Crippen LogP contribution is -2.43. The number of thiophene rings is 1. The van der Waals surface area contributed by atoms with E-state index in [1.54, 1.807) is 11.3 Å². The fourth-order valence-electron chi connectivity index (χ4n) is 4.61. The quantitative estimate of drug-likeness (QED) is 0.806. The van der Waals surface area contributed by atoms with Crippen molar-refractivity contribution in [3.63, 3.8) is 0 Å². The Kier molecular flexibility index (Phi) is 4.63. The highest BCUT2D eigenvalue weighted by Crippen LogP contribution is 2.31. The van der Waals surface area contributed by atoms with E-state index in [9.17, 15) is 9.59 Å². The van der Waals surface area contributed by atoms with Gasteiger partial charge in [-0.1, -0.05) is 12.8 Å². The molecule has 2 aliphatic rings. The summed E-state index contributed by atoms with van der Waals surface area (Å²) < 4.78 is 1.89. The smallest absolute Gasteiger partial charge is 0.262 e. The summed E-state index contributed by atoms with van der Waals surface area (Å²) in [7, 11) is 0. The zero-order valence-electron chi connectivity index (χ0n) is 15.9. The molecule has 1 amide bonds. The molecule has 1 aliphatic carbocycles. The molecule has 2 aromatic heterocycles. The van der Waals surface area contributed by atoms with E-state index < -0.39 is 0 Å². The molecule has 26 heavy (non-hydrogen) atoms. The summed E-state index contributed by atoms with van der Waals surface area (Å²) in [5.41, 5.74) is 1.15. The Balaban J connectivity index is 1.57. The third-order valence-electron chi connectivity index (χ3n) is 6.26. The largest absolute Gasteiger partial charge is 0.342 e. The normalized spacial score (nSPS) is 19.6. The van der Waals surface area contributed by atoms with Crippen LogP contribution in [-0.2, 0) is 4.79 Å². The van der Waals surface area contributed by atoms with Crippen molar-refractivity contribution in [1.82, 2.24) is 14.5 Å². The standard InChI is InChI=1S/C20H27N3O2S/c1-12-13(2)26-18-17(12)20(25)23(14(3)21-18)16-8-10-22(11-9-16)19(24)15-6-4-5-7-15/h15-16H,4-11H2,1-3H3. The van der Waals surface area contributed by atoms with Crippen LogP contribution in [0.2, 0.25) is 0 Å². The number of amides is 1. The highest BCUT2D eigenvalue weighted by Gasteiger charge is 2.31. The van der Waals surface area contributed by atoms with Gasteiger partial charge < -0.3 is 4.90 Å². The Bertz CT molecular complexity index is 900. The summed E-state index contributed by atoms with van der Waals surface area (Å²) in [6.45, 7) is 7.51. The Hall–Kier alpha value is -1.69. The molecule has 0 atom stereocenters. The van der Waals surface area contributed by atoms with Crippen LogP contribution in [0.4, 0.5) is 0 Å². The first-order valence-corrected chi connectivity index (χ1v) is 10.6. The molecular weight excluding hydrogens is 346 g/mol. The molecule has 4 rings (SSSR count). The van der Waals surface area contributed by atoms with E-state index >= 15 is 0 Å². The summed E-state index contributed by atoms with van der Waals surface area (Å²) in [4.78, 5) is 34.6. The van der Waals surface area contributed by atoms with Gasteiger partial charge >= 0.3 is 0 Å². The zero-order chi connectivity index (χ0) is 18.4. The minimum Gasteiger partial charge on any atom is -0.342 e. The summed E-state index contributed by atoms with van der Waals surface area (Å²) in [5.74, 6) is 1.37. The number of carbonyl (C=O) groups excluding carboxylic acids is 1. The Morgan fingerprint density at radius 3 is 2.38 bits per heavy atom. The van der Waals surface area contributed by atoms with Crippen molar-refractivity contribution in [2.75, 3.05) is 13.1 Å². The second-order valence-electron chi connectivity index (χ2n) is 7.84. The maximum absolute atomic E-state index is 13.2. The van der Waals surface area contributed by atoms with Gasteiger partial charge in [-0.25, -0.2) is 4.98 Å². The molecule has 0 bridgehead atoms. The van der Waals surface area contributed by atoms with Gasteiger partial charge in [0.15, 0.2) is 0 Å². The van der Waals surface area contributed by atoms with Gasteiger partial charge in [-0.3, -0.25) is 14.2 Å². The molecule has 1 aliphatic heterocycles. The number of piperidine rings is 1. The molecule has 2 aromatic rings. The maximum atomic E-state index is 13.2. The second-order valence-corrected chi connectivity index (χ2v) is 9.04. The van der Waals surface area contributed by atoms with E-state index in [1.165, 1.54) is 17.7 Å². The van der Waals surface area contributed by atoms with Gasteiger partial charge in [0.1, 0.15) is 10.7 Å². The number of rotatable bonds is 2. The first kappa shape index (κ1) is 17.7. The maximum Gasteiger partial charge on any atom is 0.262 e. The van der Waals surface area contributed by atoms with Crippen LogP contribution in [0, 0.1) is 26.7 Å². The topological polar surface area (TPSA) is 55.2 Å². The van der Waals surface area contributed by atoms with Crippen LogP contribution in [0.1, 0.15) is 60.8 Å². The number of aryl methyl sites for hydroxylation is 3. The average molecular weight is 374 g/mol. The molecule has 3 heterocycles. The predicted molar refractivity (Wildman–Crippen MR) is 105 cm³/mol. The molecule has 1 saturated carbocycles. The number of carbonyl (C=O) groups is 1. The number of hydrogen-bond donors (Lipinski definition) is 0. The number of nitrogens with zero attached hydrogens (tertiary/aromatic N) is 3. The molecule has 1 saturated heterocycles. The molecule has 0 radical (unpaired) electrons. The van der Waals surface area contributed by atoms with Gasteiger partial charge in [0, 0.05) is 29.9 Å². The average Bonchev–Trinajstić information content (AvgIpc) is 3.24. The van der Waals surface area contributed by atoms with Gasteiger partial charge in [0.05, 0.1) is 5.39 Å². The molecule has 0 aromatic carbocycles. The van der Waals surface area contributed by atoms with Crippen LogP contribution >= 0.6 is 11.3 Å². The lowest BCUT2D eigenvalue weighted by Gasteiger charge is -2.34. The molecule has 5 nitrogen and oxygen atoms in total. The minimum absolute atomic E-state index is 0.0925. The molecule has 2 fully saturated rings. The number of aromatic nitrogens is 2. The Morgan fingerprint density at radius 1 is 1.08 bits per heavy atom. The molecular formula is C20H27N3O2S. The first-order valence-electron chi connectivity index (χ1n) is 9.75. The van der Waals surface area contributed by atoms with Gasteiger partial charge in [-0.05, 0) is 52.0 Å². The summed E-state index contributed by atoms with van der Waals surface area (Å²) in [5, 5.41) is 0.780. The van der Waals surface area contributed by atoms with Crippen molar-refractivity contribution in [2.45, 2.75) is 65.3 Å². The Morgan fingerprint density at radius 2 is 1.73 bits per heavy atom. The van der Waals surface area contributed by atoms with Crippen molar-refractivity contribution >= 4 is 27.5 Å². The van der Waals surface area contributed by atoms with Crippen LogP contribution in [0.5, 0.6) is 0 Å². The van der Waals surface area contributed by atoms with Crippen molar-refractivity contribution in [1.29, 1.82) is 0 Å². The number of fused-ring (bicyclic) bond motifs is 1. The minimum atomic E-state index is 0.0925. The fraction of sp³-hybridized carbons (Fsp3) is 0.650. The van der Waals surface area contributed by atoms with Crippen molar-refractivity contribution in [3.8, 4) is 0 Å². The number of likely N-dealkylation sites (tertiary alicyclic amines) is 1. The van der Waals surface area contributed by atoms with E-state index in [0.29, 0.717) is 5.91 Å². The van der Waals surface area contributed by atoms with Gasteiger partial charge in [0.2, 0.25) is 5.91 Å². The van der Waals surface area contributed by atoms with E-state index in [1.807, 2.05) is 30.2 Å². The van der Waals surface area contributed by atoms with Crippen LogP contribution in [0.15, 0.2) is 4.79 Å². The Labute approximate surface area is 158 Å². The molecule has 0 N–H and O–H groups in total. The summed E-state index contributed by atoms with van der Waals surface area (Å²) in [6.07, 6.45) is 6.16. The third kappa shape index (κ3) is 2.88. The monoisotopic (exact) mass is 373 g/mol. The van der Waals surface area contributed by atoms with E-state index in [0.717, 1.165) is 60.4 Å². The lowest BCUT2D eigenvalue weighted by molar-refractivity contribution is -0.136. The third-order valence-corrected chi connectivity index (χ3v) is 7.36. The lowest BCUT2D eigenvalue weighted by atomic mass is 10.0. The molecule has 140 valence electrons. The zero-order valence-corrected chi connectivity index (χ0v) is 16.7. The molecule has 0 unspecified atom stereocenters. The summed E-state index contributed by atoms with van der Waals surface area (Å²) in [6, 6.07) is 0.145. The number of hydrogen-bond acceptors (Lipinski definition) is 4. The molecule has 6 heteroatoms. The fourth-order valence-corrected chi connectivity index (χ4v) is 5.68. The van der Waals surface area contributed by atoms with Gasteiger partial charge in [-0.2, -0.15) is 0 Å². The SMILES string of the molecule is Cc1sc2nc(C)n(C3CCN(C(=O)C4CCCC4)CC3)c(=O)c2c1C.